The Labute approximate surface area is 143 Å². The Morgan fingerprint density at radius 1 is 1.10 bits per heavy atom. The third kappa shape index (κ3) is 7.82. The van der Waals surface area contributed by atoms with Gasteiger partial charge in [-0.15, -0.1) is 0 Å². The molecule has 0 aromatic heterocycles. The average Bonchev–Trinajstić information content (AvgIpc) is 2.45. The van der Waals surface area contributed by atoms with E-state index in [1.165, 1.54) is 51.4 Å². The highest BCUT2D eigenvalue weighted by molar-refractivity contribution is 9.10. The van der Waals surface area contributed by atoms with Gasteiger partial charge < -0.3 is 11.1 Å². The number of hydrogen-bond donors (Lipinski definition) is 2. The normalized spacial score (nSPS) is 10.6. The van der Waals surface area contributed by atoms with Crippen molar-refractivity contribution < 1.29 is 0 Å². The number of rotatable bonds is 11. The number of benzene rings is 1. The maximum atomic E-state index is 5.64. The highest BCUT2D eigenvalue weighted by Crippen LogP contribution is 2.21. The van der Waals surface area contributed by atoms with E-state index in [4.69, 9.17) is 18.0 Å². The summed E-state index contributed by atoms with van der Waals surface area (Å²) in [5.74, 6) is 0. The van der Waals surface area contributed by atoms with Crippen molar-refractivity contribution in [1.29, 1.82) is 0 Å². The molecule has 3 N–H and O–H groups in total. The number of nitrogens with one attached hydrogen (secondary N) is 1. The van der Waals surface area contributed by atoms with Crippen molar-refractivity contribution in [3.05, 3.63) is 28.2 Å². The van der Waals surface area contributed by atoms with E-state index in [1.54, 1.807) is 0 Å². The molecule has 21 heavy (non-hydrogen) atoms. The summed E-state index contributed by atoms with van der Waals surface area (Å²) in [4.78, 5) is 0.427. The Hall–Kier alpha value is -0.610. The molecule has 1 rings (SSSR count). The van der Waals surface area contributed by atoms with Crippen LogP contribution in [0.15, 0.2) is 22.7 Å². The molecule has 0 saturated carbocycles. The lowest BCUT2D eigenvalue weighted by atomic mass is 10.1. The molecule has 0 aliphatic rings. The lowest BCUT2D eigenvalue weighted by molar-refractivity contribution is 0.581. The van der Waals surface area contributed by atoms with Crippen molar-refractivity contribution >= 4 is 38.8 Å². The third-order valence-corrected chi connectivity index (χ3v) is 4.47. The monoisotopic (exact) mass is 370 g/mol. The van der Waals surface area contributed by atoms with Gasteiger partial charge in [0, 0.05) is 22.3 Å². The largest absolute Gasteiger partial charge is 0.389 e. The second kappa shape index (κ2) is 11.0. The molecule has 0 aliphatic heterocycles. The summed E-state index contributed by atoms with van der Waals surface area (Å²) in [6, 6.07) is 6.03. The molecule has 118 valence electrons. The van der Waals surface area contributed by atoms with Crippen LogP contribution >= 0.6 is 28.1 Å². The van der Waals surface area contributed by atoms with E-state index in [2.05, 4.69) is 28.2 Å². The fourth-order valence-corrected chi connectivity index (χ4v) is 3.22. The van der Waals surface area contributed by atoms with Gasteiger partial charge in [-0.05, 0) is 40.5 Å². The molecule has 0 bridgehead atoms. The molecule has 4 heteroatoms. The second-order valence-corrected chi connectivity index (χ2v) is 6.75. The van der Waals surface area contributed by atoms with Gasteiger partial charge in [0.25, 0.3) is 0 Å². The molecule has 0 heterocycles. The zero-order chi connectivity index (χ0) is 15.5. The van der Waals surface area contributed by atoms with Crippen molar-refractivity contribution in [2.24, 2.45) is 5.73 Å². The smallest absolute Gasteiger partial charge is 0.105 e. The Morgan fingerprint density at radius 3 is 2.29 bits per heavy atom. The van der Waals surface area contributed by atoms with Crippen LogP contribution in [0.4, 0.5) is 5.69 Å². The first-order valence-electron chi connectivity index (χ1n) is 7.98. The molecule has 0 unspecified atom stereocenters. The minimum absolute atomic E-state index is 0.427. The highest BCUT2D eigenvalue weighted by atomic mass is 79.9. The minimum Gasteiger partial charge on any atom is -0.389 e. The average molecular weight is 371 g/mol. The van der Waals surface area contributed by atoms with Crippen LogP contribution in [-0.2, 0) is 0 Å². The van der Waals surface area contributed by atoms with E-state index in [9.17, 15) is 0 Å². The molecule has 0 radical (unpaired) electrons. The highest BCUT2D eigenvalue weighted by Gasteiger charge is 2.03. The fourth-order valence-electron chi connectivity index (χ4n) is 2.32. The SMILES string of the molecule is CCCCCCCCCCNc1ccc(C(N)=S)c(Br)c1. The Balaban J connectivity index is 2.13. The van der Waals surface area contributed by atoms with Crippen LogP contribution in [0.2, 0.25) is 0 Å². The molecule has 0 amide bonds. The summed E-state index contributed by atoms with van der Waals surface area (Å²) >= 11 is 8.50. The van der Waals surface area contributed by atoms with Crippen LogP contribution in [0, 0.1) is 0 Å². The van der Waals surface area contributed by atoms with Crippen LogP contribution in [0.25, 0.3) is 0 Å². The van der Waals surface area contributed by atoms with Gasteiger partial charge in [-0.25, -0.2) is 0 Å². The third-order valence-electron chi connectivity index (χ3n) is 3.59. The standard InChI is InChI=1S/C17H27BrN2S/c1-2-3-4-5-6-7-8-9-12-20-14-10-11-15(17(19)21)16(18)13-14/h10-11,13,20H,2-9,12H2,1H3,(H2,19,21). The summed E-state index contributed by atoms with van der Waals surface area (Å²) < 4.78 is 0.955. The molecular formula is C17H27BrN2S. The van der Waals surface area contributed by atoms with Crippen LogP contribution in [-0.4, -0.2) is 11.5 Å². The van der Waals surface area contributed by atoms with E-state index in [1.807, 2.05) is 18.2 Å². The first kappa shape index (κ1) is 18.4. The van der Waals surface area contributed by atoms with Crippen LogP contribution in [0.5, 0.6) is 0 Å². The van der Waals surface area contributed by atoms with E-state index in [0.717, 1.165) is 22.3 Å². The zero-order valence-corrected chi connectivity index (χ0v) is 15.4. The van der Waals surface area contributed by atoms with Gasteiger partial charge in [-0.3, -0.25) is 0 Å². The topological polar surface area (TPSA) is 38.0 Å². The predicted molar refractivity (Wildman–Crippen MR) is 101 cm³/mol. The first-order chi connectivity index (χ1) is 10.1. The maximum Gasteiger partial charge on any atom is 0.105 e. The Kier molecular flexibility index (Phi) is 9.68. The van der Waals surface area contributed by atoms with Crippen molar-refractivity contribution in [1.82, 2.24) is 0 Å². The van der Waals surface area contributed by atoms with Gasteiger partial charge in [-0.2, -0.15) is 0 Å². The van der Waals surface area contributed by atoms with Crippen molar-refractivity contribution in [2.75, 3.05) is 11.9 Å². The quantitative estimate of drug-likeness (QED) is 0.391. The molecule has 0 atom stereocenters. The van der Waals surface area contributed by atoms with Gasteiger partial charge in [0.1, 0.15) is 4.99 Å². The van der Waals surface area contributed by atoms with Crippen LogP contribution in [0.3, 0.4) is 0 Å². The van der Waals surface area contributed by atoms with Gasteiger partial charge in [0.05, 0.1) is 0 Å². The second-order valence-electron chi connectivity index (χ2n) is 5.46. The van der Waals surface area contributed by atoms with Crippen molar-refractivity contribution in [3.8, 4) is 0 Å². The van der Waals surface area contributed by atoms with E-state index in [0.29, 0.717) is 4.99 Å². The van der Waals surface area contributed by atoms with Crippen LogP contribution in [0.1, 0.15) is 63.9 Å². The zero-order valence-electron chi connectivity index (χ0n) is 13.0. The minimum atomic E-state index is 0.427. The maximum absolute atomic E-state index is 5.64. The Bertz CT molecular complexity index is 435. The molecule has 1 aromatic rings. The summed E-state index contributed by atoms with van der Waals surface area (Å²) in [6.45, 7) is 3.28. The lowest BCUT2D eigenvalue weighted by Gasteiger charge is -2.09. The van der Waals surface area contributed by atoms with Crippen molar-refractivity contribution in [3.63, 3.8) is 0 Å². The number of hydrogen-bond acceptors (Lipinski definition) is 2. The number of thiocarbonyl (C=S) groups is 1. The fraction of sp³-hybridized carbons (Fsp3) is 0.588. The molecule has 2 nitrogen and oxygen atoms in total. The predicted octanol–water partition coefficient (Wildman–Crippen LogP) is 5.64. The molecule has 0 aliphatic carbocycles. The molecule has 0 spiro atoms. The van der Waals surface area contributed by atoms with E-state index < -0.39 is 0 Å². The number of anilines is 1. The van der Waals surface area contributed by atoms with E-state index >= 15 is 0 Å². The lowest BCUT2D eigenvalue weighted by Crippen LogP contribution is -2.10. The number of unbranched alkanes of at least 4 members (excludes halogenated alkanes) is 7. The van der Waals surface area contributed by atoms with E-state index in [-0.39, 0.29) is 0 Å². The summed E-state index contributed by atoms with van der Waals surface area (Å²) in [5.41, 5.74) is 7.65. The molecular weight excluding hydrogens is 344 g/mol. The van der Waals surface area contributed by atoms with Gasteiger partial charge in [-0.1, -0.05) is 64.1 Å². The van der Waals surface area contributed by atoms with Gasteiger partial charge in [0.2, 0.25) is 0 Å². The molecule has 0 fully saturated rings. The molecule has 1 aromatic carbocycles. The number of halogens is 1. The first-order valence-corrected chi connectivity index (χ1v) is 9.18. The van der Waals surface area contributed by atoms with Crippen molar-refractivity contribution in [2.45, 2.75) is 58.3 Å². The Morgan fingerprint density at radius 2 is 1.71 bits per heavy atom. The summed E-state index contributed by atoms with van der Waals surface area (Å²) in [5, 5.41) is 3.45. The summed E-state index contributed by atoms with van der Waals surface area (Å²) in [7, 11) is 0. The summed E-state index contributed by atoms with van der Waals surface area (Å²) in [6.07, 6.45) is 10.8. The molecule has 0 saturated heterocycles. The van der Waals surface area contributed by atoms with Crippen LogP contribution < -0.4 is 11.1 Å². The number of nitrogens with two attached hydrogens (primary N) is 1. The van der Waals surface area contributed by atoms with Gasteiger partial charge in [0.15, 0.2) is 0 Å². The van der Waals surface area contributed by atoms with Gasteiger partial charge >= 0.3 is 0 Å².